The lowest BCUT2D eigenvalue weighted by Crippen LogP contribution is -2.32. The van der Waals surface area contributed by atoms with Crippen LogP contribution in [0.25, 0.3) is 10.2 Å². The van der Waals surface area contributed by atoms with E-state index >= 15 is 0 Å². The monoisotopic (exact) mass is 303 g/mol. The van der Waals surface area contributed by atoms with E-state index in [0.29, 0.717) is 6.42 Å². The summed E-state index contributed by atoms with van der Waals surface area (Å²) >= 11 is 1.65. The second-order valence-corrected chi connectivity index (χ2v) is 7.37. The number of fused-ring (bicyclic) bond motifs is 1. The largest absolute Gasteiger partial charge is 0.481 e. The molecule has 1 aliphatic carbocycles. The third-order valence-corrected chi connectivity index (χ3v) is 5.63. The normalized spacial score (nSPS) is 18.5. The Labute approximate surface area is 129 Å². The van der Waals surface area contributed by atoms with Crippen molar-refractivity contribution in [3.63, 3.8) is 0 Å². The van der Waals surface area contributed by atoms with E-state index in [9.17, 15) is 9.90 Å². The van der Waals surface area contributed by atoms with Gasteiger partial charge in [-0.15, -0.1) is 11.3 Å². The molecule has 1 aliphatic rings. The summed E-state index contributed by atoms with van der Waals surface area (Å²) in [5.41, 5.74) is 1.60. The summed E-state index contributed by atoms with van der Waals surface area (Å²) < 4.78 is 1.16. The van der Waals surface area contributed by atoms with Gasteiger partial charge in [-0.05, 0) is 37.5 Å². The molecule has 1 aromatic heterocycles. The van der Waals surface area contributed by atoms with Gasteiger partial charge in [0.2, 0.25) is 0 Å². The Kier molecular flexibility index (Phi) is 3.98. The number of aryl methyl sites for hydroxylation is 1. The highest BCUT2D eigenvalue weighted by Crippen LogP contribution is 2.40. The van der Waals surface area contributed by atoms with Crippen LogP contribution in [0.4, 0.5) is 0 Å². The zero-order valence-electron chi connectivity index (χ0n) is 12.4. The minimum Gasteiger partial charge on any atom is -0.481 e. The van der Waals surface area contributed by atoms with E-state index in [4.69, 9.17) is 0 Å². The topological polar surface area (TPSA) is 50.2 Å². The first kappa shape index (κ1) is 14.5. The number of benzene rings is 1. The summed E-state index contributed by atoms with van der Waals surface area (Å²) in [6.45, 7) is 2.06. The van der Waals surface area contributed by atoms with Crippen LogP contribution in [-0.4, -0.2) is 16.1 Å². The first-order chi connectivity index (χ1) is 10.1. The van der Waals surface area contributed by atoms with Crippen molar-refractivity contribution in [3.05, 3.63) is 28.8 Å². The summed E-state index contributed by atoms with van der Waals surface area (Å²) in [6, 6.07) is 6.26. The minimum atomic E-state index is -0.639. The van der Waals surface area contributed by atoms with Crippen LogP contribution in [0.1, 0.15) is 49.1 Å². The van der Waals surface area contributed by atoms with Crippen LogP contribution in [-0.2, 0) is 11.2 Å². The number of hydrogen-bond donors (Lipinski definition) is 1. The second kappa shape index (κ2) is 5.76. The van der Waals surface area contributed by atoms with Crippen molar-refractivity contribution < 1.29 is 9.90 Å². The molecule has 0 radical (unpaired) electrons. The van der Waals surface area contributed by atoms with Crippen LogP contribution < -0.4 is 0 Å². The average molecular weight is 303 g/mol. The number of carbonyl (C=O) groups is 1. The Morgan fingerprint density at radius 1 is 1.29 bits per heavy atom. The van der Waals surface area contributed by atoms with E-state index in [2.05, 4.69) is 30.1 Å². The molecule has 1 aromatic carbocycles. The van der Waals surface area contributed by atoms with Crippen LogP contribution in [0.5, 0.6) is 0 Å². The highest BCUT2D eigenvalue weighted by atomic mass is 32.1. The molecule has 0 atom stereocenters. The minimum absolute atomic E-state index is 0.584. The molecule has 2 aromatic rings. The lowest BCUT2D eigenvalue weighted by atomic mass is 9.77. The number of carboxylic acid groups (broad SMARTS) is 1. The summed E-state index contributed by atoms with van der Waals surface area (Å²) in [6.07, 6.45) is 6.53. The molecule has 1 fully saturated rings. The molecule has 112 valence electrons. The predicted molar refractivity (Wildman–Crippen MR) is 85.8 cm³/mol. The van der Waals surface area contributed by atoms with Gasteiger partial charge >= 0.3 is 5.97 Å². The Bertz CT molecular complexity index is 654. The van der Waals surface area contributed by atoms with Crippen molar-refractivity contribution in [2.45, 2.75) is 51.9 Å². The third kappa shape index (κ3) is 2.95. The quantitative estimate of drug-likeness (QED) is 0.845. The SMILES string of the molecule is Cc1ccc2sc(CC3(C(=O)O)CCCCCC3)nc2c1. The zero-order valence-corrected chi connectivity index (χ0v) is 13.2. The molecule has 0 amide bonds. The smallest absolute Gasteiger partial charge is 0.310 e. The molecule has 3 nitrogen and oxygen atoms in total. The van der Waals surface area contributed by atoms with E-state index in [1.165, 1.54) is 5.56 Å². The van der Waals surface area contributed by atoms with Crippen LogP contribution in [0.2, 0.25) is 0 Å². The summed E-state index contributed by atoms with van der Waals surface area (Å²) in [5, 5.41) is 10.7. The summed E-state index contributed by atoms with van der Waals surface area (Å²) in [5.74, 6) is -0.639. The fourth-order valence-electron chi connectivity index (χ4n) is 3.32. The van der Waals surface area contributed by atoms with Crippen molar-refractivity contribution in [3.8, 4) is 0 Å². The third-order valence-electron chi connectivity index (χ3n) is 4.59. The maximum absolute atomic E-state index is 11.9. The summed E-state index contributed by atoms with van der Waals surface area (Å²) in [7, 11) is 0. The van der Waals surface area contributed by atoms with Crippen molar-refractivity contribution in [1.82, 2.24) is 4.98 Å². The standard InChI is InChI=1S/C17H21NO2S/c1-12-6-7-14-13(10-12)18-15(21-14)11-17(16(19)20)8-4-2-3-5-9-17/h6-7,10H,2-5,8-9,11H2,1H3,(H,19,20). The van der Waals surface area contributed by atoms with Gasteiger partial charge in [0.15, 0.2) is 0 Å². The van der Waals surface area contributed by atoms with Gasteiger partial charge in [-0.2, -0.15) is 0 Å². The first-order valence-corrected chi connectivity index (χ1v) is 8.50. The fraction of sp³-hybridized carbons (Fsp3) is 0.529. The molecular formula is C17H21NO2S. The highest BCUT2D eigenvalue weighted by Gasteiger charge is 2.39. The number of rotatable bonds is 3. The number of carboxylic acids is 1. The van der Waals surface area contributed by atoms with E-state index in [0.717, 1.165) is 53.7 Å². The van der Waals surface area contributed by atoms with Gasteiger partial charge < -0.3 is 5.11 Å². The number of nitrogens with zero attached hydrogens (tertiary/aromatic N) is 1. The lowest BCUT2D eigenvalue weighted by molar-refractivity contribution is -0.149. The van der Waals surface area contributed by atoms with E-state index < -0.39 is 11.4 Å². The van der Waals surface area contributed by atoms with E-state index in [1.807, 2.05) is 0 Å². The molecule has 3 rings (SSSR count). The van der Waals surface area contributed by atoms with Crippen molar-refractivity contribution >= 4 is 27.5 Å². The van der Waals surface area contributed by atoms with Gasteiger partial charge in [-0.25, -0.2) is 4.98 Å². The Morgan fingerprint density at radius 2 is 2.00 bits per heavy atom. The second-order valence-electron chi connectivity index (χ2n) is 6.26. The van der Waals surface area contributed by atoms with Crippen LogP contribution >= 0.6 is 11.3 Å². The van der Waals surface area contributed by atoms with Crippen LogP contribution in [0.3, 0.4) is 0 Å². The number of aromatic nitrogens is 1. The number of thiazole rings is 1. The maximum Gasteiger partial charge on any atom is 0.310 e. The van der Waals surface area contributed by atoms with E-state index in [-0.39, 0.29) is 0 Å². The molecular weight excluding hydrogens is 282 g/mol. The summed E-state index contributed by atoms with van der Waals surface area (Å²) in [4.78, 5) is 16.6. The average Bonchev–Trinajstić information content (AvgIpc) is 2.67. The predicted octanol–water partition coefficient (Wildman–Crippen LogP) is 4.57. The molecule has 0 aliphatic heterocycles. The molecule has 0 bridgehead atoms. The van der Waals surface area contributed by atoms with Crippen LogP contribution in [0, 0.1) is 12.3 Å². The van der Waals surface area contributed by atoms with Crippen LogP contribution in [0.15, 0.2) is 18.2 Å². The molecule has 4 heteroatoms. The molecule has 0 unspecified atom stereocenters. The van der Waals surface area contributed by atoms with Gasteiger partial charge in [0.25, 0.3) is 0 Å². The number of aliphatic carboxylic acids is 1. The van der Waals surface area contributed by atoms with Crippen molar-refractivity contribution in [1.29, 1.82) is 0 Å². The molecule has 1 heterocycles. The molecule has 21 heavy (non-hydrogen) atoms. The first-order valence-electron chi connectivity index (χ1n) is 7.69. The molecule has 0 spiro atoms. The Balaban J connectivity index is 1.91. The zero-order chi connectivity index (χ0) is 14.9. The number of hydrogen-bond acceptors (Lipinski definition) is 3. The van der Waals surface area contributed by atoms with Gasteiger partial charge in [0.1, 0.15) is 0 Å². The van der Waals surface area contributed by atoms with Gasteiger partial charge in [0.05, 0.1) is 20.6 Å². The molecule has 1 saturated carbocycles. The molecule has 0 saturated heterocycles. The van der Waals surface area contributed by atoms with Gasteiger partial charge in [-0.1, -0.05) is 31.7 Å². The Morgan fingerprint density at radius 3 is 2.67 bits per heavy atom. The molecule has 1 N–H and O–H groups in total. The Hall–Kier alpha value is -1.42. The lowest BCUT2D eigenvalue weighted by Gasteiger charge is -2.26. The highest BCUT2D eigenvalue weighted by molar-refractivity contribution is 7.18. The van der Waals surface area contributed by atoms with Gasteiger partial charge in [0, 0.05) is 6.42 Å². The van der Waals surface area contributed by atoms with Gasteiger partial charge in [-0.3, -0.25) is 4.79 Å². The fourth-order valence-corrected chi connectivity index (χ4v) is 4.41. The van der Waals surface area contributed by atoms with Crippen molar-refractivity contribution in [2.75, 3.05) is 0 Å². The van der Waals surface area contributed by atoms with E-state index in [1.54, 1.807) is 11.3 Å². The maximum atomic E-state index is 11.9. The van der Waals surface area contributed by atoms with Crippen molar-refractivity contribution in [2.24, 2.45) is 5.41 Å².